The molecule has 1 N–H and O–H groups in total. The van der Waals surface area contributed by atoms with Crippen LogP contribution in [0.3, 0.4) is 0 Å². The first kappa shape index (κ1) is 19.8. The minimum absolute atomic E-state index is 0.194. The standard InChI is InChI=1S/C21H23FN4O2S/c22-18-7-1-2-8-19(18)26-15-13-25(14-16-26)12-11-24-29(27,28)20-9-3-5-17-6-4-10-23-21(17)20/h1-10,24H,11-16H2. The molecule has 1 aliphatic rings. The van der Waals surface area contributed by atoms with Crippen LogP contribution in [0.5, 0.6) is 0 Å². The zero-order valence-electron chi connectivity index (χ0n) is 16.0. The average molecular weight is 415 g/mol. The van der Waals surface area contributed by atoms with Crippen molar-refractivity contribution in [1.29, 1.82) is 0 Å². The summed E-state index contributed by atoms with van der Waals surface area (Å²) in [7, 11) is -3.65. The zero-order valence-corrected chi connectivity index (χ0v) is 16.8. The van der Waals surface area contributed by atoms with E-state index in [9.17, 15) is 12.8 Å². The van der Waals surface area contributed by atoms with E-state index in [2.05, 4.69) is 14.6 Å². The number of benzene rings is 2. The lowest BCUT2D eigenvalue weighted by Gasteiger charge is -2.36. The molecule has 3 aromatic rings. The van der Waals surface area contributed by atoms with Gasteiger partial charge in [0.15, 0.2) is 0 Å². The summed E-state index contributed by atoms with van der Waals surface area (Å²) < 4.78 is 42.1. The molecule has 1 aliphatic heterocycles. The highest BCUT2D eigenvalue weighted by atomic mass is 32.2. The second kappa shape index (κ2) is 8.44. The molecule has 2 aromatic carbocycles. The minimum Gasteiger partial charge on any atom is -0.367 e. The molecule has 0 bridgehead atoms. The molecule has 0 saturated carbocycles. The summed E-state index contributed by atoms with van der Waals surface area (Å²) in [6, 6.07) is 15.6. The van der Waals surface area contributed by atoms with E-state index in [1.165, 1.54) is 6.07 Å². The van der Waals surface area contributed by atoms with Gasteiger partial charge in [0.2, 0.25) is 10.0 Å². The van der Waals surface area contributed by atoms with Gasteiger partial charge in [-0.05, 0) is 24.3 Å². The predicted octanol–water partition coefficient (Wildman–Crippen LogP) is 2.47. The number of sulfonamides is 1. The summed E-state index contributed by atoms with van der Waals surface area (Å²) in [5.41, 5.74) is 1.09. The molecule has 0 spiro atoms. The molecule has 6 nitrogen and oxygen atoms in total. The van der Waals surface area contributed by atoms with E-state index in [1.807, 2.05) is 23.1 Å². The van der Waals surface area contributed by atoms with Crippen LogP contribution in [0.25, 0.3) is 10.9 Å². The van der Waals surface area contributed by atoms with Gasteiger partial charge in [-0.15, -0.1) is 0 Å². The molecule has 29 heavy (non-hydrogen) atoms. The lowest BCUT2D eigenvalue weighted by Crippen LogP contribution is -2.48. The van der Waals surface area contributed by atoms with Crippen LogP contribution in [0.4, 0.5) is 10.1 Å². The summed E-state index contributed by atoms with van der Waals surface area (Å²) in [4.78, 5) is 8.63. The van der Waals surface area contributed by atoms with Crippen LogP contribution in [0.15, 0.2) is 65.7 Å². The quantitative estimate of drug-likeness (QED) is 0.671. The van der Waals surface area contributed by atoms with Crippen LogP contribution < -0.4 is 9.62 Å². The van der Waals surface area contributed by atoms with Crippen LogP contribution in [0.1, 0.15) is 0 Å². The molecule has 152 valence electrons. The highest BCUT2D eigenvalue weighted by Crippen LogP contribution is 2.21. The Bertz CT molecular complexity index is 1090. The fourth-order valence-electron chi connectivity index (χ4n) is 3.63. The van der Waals surface area contributed by atoms with Gasteiger partial charge in [-0.1, -0.05) is 30.3 Å². The molecule has 0 aliphatic carbocycles. The first-order valence-corrected chi connectivity index (χ1v) is 11.1. The molecular weight excluding hydrogens is 391 g/mol. The number of hydrogen-bond acceptors (Lipinski definition) is 5. The van der Waals surface area contributed by atoms with Gasteiger partial charge >= 0.3 is 0 Å². The van der Waals surface area contributed by atoms with Gasteiger partial charge in [-0.3, -0.25) is 9.88 Å². The van der Waals surface area contributed by atoms with Crippen LogP contribution in [0, 0.1) is 5.82 Å². The van der Waals surface area contributed by atoms with Crippen molar-refractivity contribution in [3.63, 3.8) is 0 Å². The molecule has 4 rings (SSSR count). The number of nitrogens with zero attached hydrogens (tertiary/aromatic N) is 3. The number of hydrogen-bond donors (Lipinski definition) is 1. The van der Waals surface area contributed by atoms with Crippen LogP contribution in [0.2, 0.25) is 0 Å². The number of fused-ring (bicyclic) bond motifs is 1. The van der Waals surface area contributed by atoms with E-state index in [-0.39, 0.29) is 10.7 Å². The maximum Gasteiger partial charge on any atom is 0.242 e. The first-order chi connectivity index (χ1) is 14.0. The van der Waals surface area contributed by atoms with Gasteiger partial charge in [0, 0.05) is 50.9 Å². The molecule has 1 aromatic heterocycles. The van der Waals surface area contributed by atoms with Gasteiger partial charge < -0.3 is 4.90 Å². The van der Waals surface area contributed by atoms with E-state index in [0.29, 0.717) is 37.4 Å². The van der Waals surface area contributed by atoms with Crippen molar-refractivity contribution in [1.82, 2.24) is 14.6 Å². The fraction of sp³-hybridized carbons (Fsp3) is 0.286. The molecule has 0 radical (unpaired) electrons. The van der Waals surface area contributed by atoms with Gasteiger partial charge in [-0.25, -0.2) is 17.5 Å². The number of halogens is 1. The van der Waals surface area contributed by atoms with E-state index >= 15 is 0 Å². The summed E-state index contributed by atoms with van der Waals surface area (Å²) in [6.45, 7) is 3.84. The summed E-state index contributed by atoms with van der Waals surface area (Å²) in [5, 5.41) is 0.791. The molecule has 1 fully saturated rings. The molecule has 2 heterocycles. The van der Waals surface area contributed by atoms with Crippen LogP contribution >= 0.6 is 0 Å². The number of pyridine rings is 1. The fourth-order valence-corrected chi connectivity index (χ4v) is 4.83. The third kappa shape index (κ3) is 4.39. The third-order valence-corrected chi connectivity index (χ3v) is 6.66. The number of anilines is 1. The molecule has 8 heteroatoms. The van der Waals surface area contributed by atoms with E-state index in [4.69, 9.17) is 0 Å². The molecule has 0 unspecified atom stereocenters. The van der Waals surface area contributed by atoms with E-state index in [1.54, 1.807) is 36.5 Å². The van der Waals surface area contributed by atoms with Crippen molar-refractivity contribution < 1.29 is 12.8 Å². The van der Waals surface area contributed by atoms with Gasteiger partial charge in [0.1, 0.15) is 10.7 Å². The Morgan fingerprint density at radius 3 is 2.52 bits per heavy atom. The second-order valence-corrected chi connectivity index (χ2v) is 8.74. The van der Waals surface area contributed by atoms with Gasteiger partial charge in [0.05, 0.1) is 11.2 Å². The smallest absolute Gasteiger partial charge is 0.242 e. The van der Waals surface area contributed by atoms with Crippen molar-refractivity contribution in [2.45, 2.75) is 4.90 Å². The molecule has 1 saturated heterocycles. The van der Waals surface area contributed by atoms with Crippen molar-refractivity contribution in [2.75, 3.05) is 44.2 Å². The zero-order chi connectivity index (χ0) is 20.3. The Labute approximate surface area is 170 Å². The van der Waals surface area contributed by atoms with Gasteiger partial charge in [-0.2, -0.15) is 0 Å². The summed E-state index contributed by atoms with van der Waals surface area (Å²) >= 11 is 0. The maximum absolute atomic E-state index is 13.9. The third-order valence-electron chi connectivity index (χ3n) is 5.17. The number of para-hydroxylation sites is 2. The van der Waals surface area contributed by atoms with Crippen LogP contribution in [-0.2, 0) is 10.0 Å². The Hall–Kier alpha value is -2.55. The van der Waals surface area contributed by atoms with Gasteiger partial charge in [0.25, 0.3) is 0 Å². The van der Waals surface area contributed by atoms with Crippen molar-refractivity contribution in [2.24, 2.45) is 0 Å². The molecule has 0 atom stereocenters. The number of piperazine rings is 1. The Kier molecular flexibility index (Phi) is 5.75. The van der Waals surface area contributed by atoms with E-state index < -0.39 is 10.0 Å². The number of aromatic nitrogens is 1. The first-order valence-electron chi connectivity index (χ1n) is 9.60. The molecule has 0 amide bonds. The topological polar surface area (TPSA) is 65.5 Å². The Morgan fingerprint density at radius 1 is 0.966 bits per heavy atom. The summed E-state index contributed by atoms with van der Waals surface area (Å²) in [6.07, 6.45) is 1.59. The highest BCUT2D eigenvalue weighted by molar-refractivity contribution is 7.89. The Balaban J connectivity index is 1.33. The number of rotatable bonds is 6. The number of nitrogens with one attached hydrogen (secondary N) is 1. The van der Waals surface area contributed by atoms with Crippen molar-refractivity contribution in [3.8, 4) is 0 Å². The maximum atomic E-state index is 13.9. The average Bonchev–Trinajstić information content (AvgIpc) is 2.74. The lowest BCUT2D eigenvalue weighted by molar-refractivity contribution is 0.261. The SMILES string of the molecule is O=S(=O)(NCCN1CCN(c2ccccc2F)CC1)c1cccc2cccnc12. The summed E-state index contributed by atoms with van der Waals surface area (Å²) in [5.74, 6) is -0.211. The minimum atomic E-state index is -3.65. The van der Waals surface area contributed by atoms with Crippen LogP contribution in [-0.4, -0.2) is 57.6 Å². The Morgan fingerprint density at radius 2 is 1.72 bits per heavy atom. The normalized spacial score (nSPS) is 15.7. The second-order valence-electron chi connectivity index (χ2n) is 7.01. The monoisotopic (exact) mass is 414 g/mol. The predicted molar refractivity (Wildman–Crippen MR) is 112 cm³/mol. The van der Waals surface area contributed by atoms with Crippen molar-refractivity contribution >= 4 is 26.6 Å². The largest absolute Gasteiger partial charge is 0.367 e. The highest BCUT2D eigenvalue weighted by Gasteiger charge is 2.21. The van der Waals surface area contributed by atoms with E-state index in [0.717, 1.165) is 18.5 Å². The van der Waals surface area contributed by atoms with Crippen molar-refractivity contribution in [3.05, 3.63) is 66.6 Å². The lowest BCUT2D eigenvalue weighted by atomic mass is 10.2. The molecular formula is C21H23FN4O2S.